The minimum absolute atomic E-state index is 0.143. The Balaban J connectivity index is 1.99. The van der Waals surface area contributed by atoms with Crippen LogP contribution in [0.4, 0.5) is 14.5 Å². The van der Waals surface area contributed by atoms with Gasteiger partial charge in [-0.1, -0.05) is 0 Å². The molecule has 1 aromatic heterocycles. The summed E-state index contributed by atoms with van der Waals surface area (Å²) in [7, 11) is 1.85. The van der Waals surface area contributed by atoms with E-state index in [1.165, 1.54) is 0 Å². The van der Waals surface area contributed by atoms with Gasteiger partial charge in [-0.3, -0.25) is 0 Å². The van der Waals surface area contributed by atoms with Crippen LogP contribution in [0.1, 0.15) is 5.82 Å². The Labute approximate surface area is 103 Å². The number of aromatic nitrogens is 2. The Morgan fingerprint density at radius 3 is 2.78 bits per heavy atom. The lowest BCUT2D eigenvalue weighted by Crippen LogP contribution is -2.07. The maximum Gasteiger partial charge on any atom is 0.167 e. The lowest BCUT2D eigenvalue weighted by Gasteiger charge is -2.08. The van der Waals surface area contributed by atoms with Gasteiger partial charge in [0.2, 0.25) is 0 Å². The molecule has 0 saturated heterocycles. The van der Waals surface area contributed by atoms with E-state index in [-0.39, 0.29) is 18.0 Å². The van der Waals surface area contributed by atoms with E-state index in [1.807, 2.05) is 11.6 Å². The van der Waals surface area contributed by atoms with Crippen LogP contribution < -0.4 is 10.5 Å². The number of hydrogen-bond acceptors (Lipinski definition) is 3. The number of ether oxygens (including phenoxy) is 1. The van der Waals surface area contributed by atoms with Gasteiger partial charge in [0.25, 0.3) is 0 Å². The van der Waals surface area contributed by atoms with Gasteiger partial charge in [0.15, 0.2) is 11.6 Å². The molecule has 1 heterocycles. The van der Waals surface area contributed by atoms with E-state index in [9.17, 15) is 8.78 Å². The number of nitrogen functional groups attached to an aromatic ring is 1. The summed E-state index contributed by atoms with van der Waals surface area (Å²) in [6.45, 7) is 0.213. The van der Waals surface area contributed by atoms with E-state index in [2.05, 4.69) is 4.98 Å². The summed E-state index contributed by atoms with van der Waals surface area (Å²) in [5.41, 5.74) is 5.00. The minimum atomic E-state index is -0.691. The second-order valence-electron chi connectivity index (χ2n) is 3.86. The lowest BCUT2D eigenvalue weighted by molar-refractivity contribution is 0.300. The molecular weight excluding hydrogens is 240 g/mol. The van der Waals surface area contributed by atoms with Crippen molar-refractivity contribution in [1.29, 1.82) is 0 Å². The van der Waals surface area contributed by atoms with E-state index in [0.29, 0.717) is 6.42 Å². The minimum Gasteiger partial charge on any atom is -0.490 e. The number of anilines is 1. The molecule has 18 heavy (non-hydrogen) atoms. The predicted octanol–water partition coefficient (Wildman–Crippen LogP) is 1.90. The summed E-state index contributed by atoms with van der Waals surface area (Å²) in [4.78, 5) is 4.10. The highest BCUT2D eigenvalue weighted by Crippen LogP contribution is 2.22. The SMILES string of the molecule is Cn1ccnc1CCOc1cc(F)c(N)cc1F. The molecule has 0 aliphatic carbocycles. The van der Waals surface area contributed by atoms with E-state index in [4.69, 9.17) is 10.5 Å². The Morgan fingerprint density at radius 1 is 1.33 bits per heavy atom. The van der Waals surface area contributed by atoms with Crippen LogP contribution in [-0.2, 0) is 13.5 Å². The third-order valence-corrected chi connectivity index (χ3v) is 2.56. The van der Waals surface area contributed by atoms with E-state index in [0.717, 1.165) is 18.0 Å². The van der Waals surface area contributed by atoms with Crippen LogP contribution in [0.25, 0.3) is 0 Å². The molecule has 6 heteroatoms. The number of aryl methyl sites for hydroxylation is 1. The van der Waals surface area contributed by atoms with Gasteiger partial charge < -0.3 is 15.0 Å². The third-order valence-electron chi connectivity index (χ3n) is 2.56. The molecule has 0 aliphatic heterocycles. The van der Waals surface area contributed by atoms with Crippen molar-refractivity contribution in [3.8, 4) is 5.75 Å². The largest absolute Gasteiger partial charge is 0.490 e. The van der Waals surface area contributed by atoms with Crippen molar-refractivity contribution in [2.45, 2.75) is 6.42 Å². The second kappa shape index (κ2) is 5.03. The van der Waals surface area contributed by atoms with Gasteiger partial charge in [0.1, 0.15) is 11.6 Å². The zero-order valence-electron chi connectivity index (χ0n) is 9.86. The van der Waals surface area contributed by atoms with Crippen molar-refractivity contribution in [3.63, 3.8) is 0 Å². The molecule has 0 spiro atoms. The molecule has 2 aromatic rings. The zero-order valence-corrected chi connectivity index (χ0v) is 9.86. The normalized spacial score (nSPS) is 10.6. The fourth-order valence-electron chi connectivity index (χ4n) is 1.54. The first-order chi connectivity index (χ1) is 8.58. The third kappa shape index (κ3) is 2.58. The Kier molecular flexibility index (Phi) is 3.45. The highest BCUT2D eigenvalue weighted by Gasteiger charge is 2.09. The number of hydrogen-bond donors (Lipinski definition) is 1. The van der Waals surface area contributed by atoms with Crippen molar-refractivity contribution >= 4 is 5.69 Å². The van der Waals surface area contributed by atoms with Crippen molar-refractivity contribution in [1.82, 2.24) is 9.55 Å². The van der Waals surface area contributed by atoms with Crippen molar-refractivity contribution in [2.24, 2.45) is 7.05 Å². The number of nitrogens with two attached hydrogens (primary N) is 1. The molecular formula is C12H13F2N3O. The molecule has 2 N–H and O–H groups in total. The highest BCUT2D eigenvalue weighted by atomic mass is 19.1. The van der Waals surface area contributed by atoms with Crippen molar-refractivity contribution < 1.29 is 13.5 Å². The molecule has 0 atom stereocenters. The second-order valence-corrected chi connectivity index (χ2v) is 3.86. The molecule has 0 fully saturated rings. The molecule has 1 aromatic carbocycles. The number of rotatable bonds is 4. The van der Waals surface area contributed by atoms with Crippen molar-refractivity contribution in [3.05, 3.63) is 42.0 Å². The standard InChI is InChI=1S/C12H13F2N3O/c1-17-4-3-16-12(17)2-5-18-11-7-8(13)10(15)6-9(11)14/h3-4,6-7H,2,5,15H2,1H3. The lowest BCUT2D eigenvalue weighted by atomic mass is 10.3. The average molecular weight is 253 g/mol. The summed E-state index contributed by atoms with van der Waals surface area (Å²) < 4.78 is 33.5. The predicted molar refractivity (Wildman–Crippen MR) is 63.2 cm³/mol. The van der Waals surface area contributed by atoms with Crippen LogP contribution in [0.2, 0.25) is 0 Å². The van der Waals surface area contributed by atoms with Gasteiger partial charge in [-0.2, -0.15) is 0 Å². The molecule has 96 valence electrons. The van der Waals surface area contributed by atoms with Crippen LogP contribution in [0, 0.1) is 11.6 Å². The van der Waals surface area contributed by atoms with Crippen LogP contribution in [-0.4, -0.2) is 16.2 Å². The zero-order chi connectivity index (χ0) is 13.1. The summed E-state index contributed by atoms with van der Waals surface area (Å²) in [6.07, 6.45) is 3.98. The van der Waals surface area contributed by atoms with Gasteiger partial charge in [-0.25, -0.2) is 13.8 Å². The monoisotopic (exact) mass is 253 g/mol. The van der Waals surface area contributed by atoms with Gasteiger partial charge in [0.05, 0.1) is 12.3 Å². The van der Waals surface area contributed by atoms with Crippen LogP contribution in [0.15, 0.2) is 24.5 Å². The fraction of sp³-hybridized carbons (Fsp3) is 0.250. The first-order valence-electron chi connectivity index (χ1n) is 5.41. The molecule has 0 bridgehead atoms. The Morgan fingerprint density at radius 2 is 2.11 bits per heavy atom. The van der Waals surface area contributed by atoms with Gasteiger partial charge in [0, 0.05) is 38.0 Å². The Bertz CT molecular complexity index is 554. The molecule has 4 nitrogen and oxygen atoms in total. The number of nitrogens with zero attached hydrogens (tertiary/aromatic N) is 2. The summed E-state index contributed by atoms with van der Waals surface area (Å²) in [5.74, 6) is -0.695. The van der Waals surface area contributed by atoms with E-state index < -0.39 is 11.6 Å². The van der Waals surface area contributed by atoms with Crippen molar-refractivity contribution in [2.75, 3.05) is 12.3 Å². The number of benzene rings is 1. The summed E-state index contributed by atoms with van der Waals surface area (Å²) in [6, 6.07) is 1.86. The average Bonchev–Trinajstić information content (AvgIpc) is 2.72. The molecule has 0 radical (unpaired) electrons. The van der Waals surface area contributed by atoms with Crippen LogP contribution >= 0.6 is 0 Å². The number of halogens is 2. The van der Waals surface area contributed by atoms with E-state index >= 15 is 0 Å². The quantitative estimate of drug-likeness (QED) is 0.847. The van der Waals surface area contributed by atoms with Crippen LogP contribution in [0.3, 0.4) is 0 Å². The first kappa shape index (κ1) is 12.3. The van der Waals surface area contributed by atoms with Crippen LogP contribution in [0.5, 0.6) is 5.75 Å². The van der Waals surface area contributed by atoms with E-state index in [1.54, 1.807) is 12.4 Å². The maximum atomic E-state index is 13.4. The maximum absolute atomic E-state index is 13.4. The number of imidazole rings is 1. The van der Waals surface area contributed by atoms with Gasteiger partial charge in [-0.05, 0) is 0 Å². The van der Waals surface area contributed by atoms with Gasteiger partial charge in [-0.15, -0.1) is 0 Å². The molecule has 2 rings (SSSR count). The summed E-state index contributed by atoms with van der Waals surface area (Å²) in [5, 5.41) is 0. The highest BCUT2D eigenvalue weighted by molar-refractivity contribution is 5.44. The molecule has 0 aliphatic rings. The fourth-order valence-corrected chi connectivity index (χ4v) is 1.54. The molecule has 0 saturated carbocycles. The molecule has 0 unspecified atom stereocenters. The summed E-state index contributed by atoms with van der Waals surface area (Å²) >= 11 is 0. The molecule has 0 amide bonds. The topological polar surface area (TPSA) is 53.1 Å². The van der Waals surface area contributed by atoms with Gasteiger partial charge >= 0.3 is 0 Å². The first-order valence-corrected chi connectivity index (χ1v) is 5.41. The smallest absolute Gasteiger partial charge is 0.167 e. The Hall–Kier alpha value is -2.11.